The zero-order valence-corrected chi connectivity index (χ0v) is 25.8. The fourth-order valence-corrected chi connectivity index (χ4v) is 8.68. The number of phosphoric ester groups is 1. The molecule has 35 heavy (non-hydrogen) atoms. The first-order valence-electron chi connectivity index (χ1n) is 11.7. The molecule has 7 aliphatic rings. The van der Waals surface area contributed by atoms with E-state index in [-0.39, 0.29) is 101 Å². The van der Waals surface area contributed by atoms with Gasteiger partial charge in [-0.05, 0) is 43.6 Å². The molecule has 0 amide bonds. The molecule has 0 N–H and O–H groups in total. The van der Waals surface area contributed by atoms with Crippen molar-refractivity contribution in [2.75, 3.05) is 6.61 Å². The zero-order valence-electron chi connectivity index (χ0n) is 20.9. The first-order chi connectivity index (χ1) is 15.4. The summed E-state index contributed by atoms with van der Waals surface area (Å²) in [6.07, 6.45) is -0.461. The quantitative estimate of drug-likeness (QED) is 0.111. The van der Waals surface area contributed by atoms with Crippen molar-refractivity contribution in [3.05, 3.63) is 11.1 Å². The number of rotatable bonds is 5. The van der Waals surface area contributed by atoms with Gasteiger partial charge in [0.2, 0.25) is 0 Å². The number of cyclic esters (lactones) is 1. The average molecular weight is 528 g/mol. The molecule has 1 unspecified atom stereocenters. The van der Waals surface area contributed by atoms with Crippen molar-refractivity contribution >= 4 is 13.8 Å². The SMILES string of the molecule is CC(O[C@@H]1[C@@]2(C(C)C)O[C@H]2[C@H]2O[C@]23[C@]12O[C@H]2C[C@H]1C2=C(CC[C@@]13C)C(=O)OC2)OP(=O)([O-])[O-].[Na+].[Na+]. The molecule has 10 atom stereocenters. The molecule has 0 radical (unpaired) electrons. The van der Waals surface area contributed by atoms with E-state index in [0.29, 0.717) is 19.4 Å². The second kappa shape index (κ2) is 8.10. The second-order valence-corrected chi connectivity index (χ2v) is 12.2. The normalized spacial score (nSPS) is 50.7. The Morgan fingerprint density at radius 1 is 1.11 bits per heavy atom. The van der Waals surface area contributed by atoms with E-state index in [1.54, 1.807) is 0 Å². The van der Waals surface area contributed by atoms with Crippen molar-refractivity contribution in [2.45, 2.75) is 94.5 Å². The van der Waals surface area contributed by atoms with E-state index in [2.05, 4.69) is 11.4 Å². The monoisotopic (exact) mass is 528 g/mol. The van der Waals surface area contributed by atoms with Gasteiger partial charge >= 0.3 is 65.1 Å². The molecule has 4 aliphatic heterocycles. The third kappa shape index (κ3) is 3.19. The summed E-state index contributed by atoms with van der Waals surface area (Å²) < 4.78 is 46.9. The van der Waals surface area contributed by atoms with Crippen molar-refractivity contribution in [3.63, 3.8) is 0 Å². The molecular formula is C22H27Na2O10P. The molecule has 10 nitrogen and oxygen atoms in total. The Balaban J connectivity index is 0.00000127. The molecule has 13 heteroatoms. The van der Waals surface area contributed by atoms with Crippen molar-refractivity contribution < 1.29 is 106 Å². The second-order valence-electron chi connectivity index (χ2n) is 11.1. The summed E-state index contributed by atoms with van der Waals surface area (Å²) in [5, 5.41) is 0. The first kappa shape index (κ1) is 27.7. The van der Waals surface area contributed by atoms with Gasteiger partial charge in [0, 0.05) is 11.0 Å². The predicted molar refractivity (Wildman–Crippen MR) is 104 cm³/mol. The molecule has 4 heterocycles. The smallest absolute Gasteiger partial charge is 0.790 e. The van der Waals surface area contributed by atoms with Crippen LogP contribution >= 0.6 is 7.82 Å². The maximum absolute atomic E-state index is 12.2. The minimum Gasteiger partial charge on any atom is -0.790 e. The largest absolute Gasteiger partial charge is 1.00 e. The van der Waals surface area contributed by atoms with Crippen LogP contribution in [0.15, 0.2) is 11.1 Å². The number of epoxide rings is 3. The van der Waals surface area contributed by atoms with Crippen LogP contribution in [0.25, 0.3) is 0 Å². The Labute approximate surface area is 247 Å². The minimum absolute atomic E-state index is 0. The number of carbonyl (C=O) groups is 1. The number of carbonyl (C=O) groups excluding carboxylic acids is 1. The summed E-state index contributed by atoms with van der Waals surface area (Å²) in [6.45, 7) is 7.99. The van der Waals surface area contributed by atoms with E-state index in [1.165, 1.54) is 6.92 Å². The van der Waals surface area contributed by atoms with Gasteiger partial charge < -0.3 is 42.6 Å². The molecule has 0 aromatic heterocycles. The van der Waals surface area contributed by atoms with E-state index in [4.69, 9.17) is 23.7 Å². The molecule has 2 saturated carbocycles. The van der Waals surface area contributed by atoms with Crippen LogP contribution in [0.1, 0.15) is 47.0 Å². The maximum Gasteiger partial charge on any atom is 1.00 e. The number of hydrogen-bond donors (Lipinski definition) is 0. The molecule has 0 aromatic rings. The number of phosphoric acid groups is 1. The van der Waals surface area contributed by atoms with Crippen LogP contribution in [-0.2, 0) is 37.6 Å². The van der Waals surface area contributed by atoms with Gasteiger partial charge in [0.15, 0.2) is 11.9 Å². The minimum atomic E-state index is -5.24. The van der Waals surface area contributed by atoms with Gasteiger partial charge in [0.05, 0.1) is 13.9 Å². The van der Waals surface area contributed by atoms with Gasteiger partial charge in [0.1, 0.15) is 36.1 Å². The Bertz CT molecular complexity index is 1060. The number of esters is 1. The third-order valence-electron chi connectivity index (χ3n) is 9.67. The average Bonchev–Trinajstić information content (AvgIpc) is 3.59. The van der Waals surface area contributed by atoms with E-state index < -0.39 is 37.0 Å². The van der Waals surface area contributed by atoms with Crippen LogP contribution < -0.4 is 68.9 Å². The van der Waals surface area contributed by atoms with Crippen LogP contribution in [0.2, 0.25) is 0 Å². The third-order valence-corrected chi connectivity index (χ3v) is 10.2. The molecule has 3 saturated heterocycles. The number of fused-ring (bicyclic) bond motifs is 4. The first-order valence-corrected chi connectivity index (χ1v) is 13.2. The van der Waals surface area contributed by atoms with Gasteiger partial charge in [-0.15, -0.1) is 0 Å². The Morgan fingerprint density at radius 3 is 2.49 bits per heavy atom. The predicted octanol–water partition coefficient (Wildman–Crippen LogP) is -5.67. The fraction of sp³-hybridized carbons (Fsp3) is 0.864. The van der Waals surface area contributed by atoms with Crippen LogP contribution in [0.3, 0.4) is 0 Å². The molecular weight excluding hydrogens is 501 g/mol. The van der Waals surface area contributed by atoms with Crippen LogP contribution in [0, 0.1) is 17.3 Å². The summed E-state index contributed by atoms with van der Waals surface area (Å²) in [6, 6.07) is 0. The van der Waals surface area contributed by atoms with E-state index in [0.717, 1.165) is 17.6 Å². The molecule has 182 valence electrons. The summed E-state index contributed by atoms with van der Waals surface area (Å²) in [5.41, 5.74) is -0.681. The van der Waals surface area contributed by atoms with Crippen molar-refractivity contribution in [2.24, 2.45) is 17.3 Å². The van der Waals surface area contributed by atoms with Crippen LogP contribution in [0.5, 0.6) is 0 Å². The Morgan fingerprint density at radius 2 is 1.83 bits per heavy atom. The van der Waals surface area contributed by atoms with E-state index in [9.17, 15) is 19.1 Å². The van der Waals surface area contributed by atoms with Crippen LogP contribution in [-0.4, -0.2) is 60.1 Å². The van der Waals surface area contributed by atoms with E-state index in [1.807, 2.05) is 13.8 Å². The van der Waals surface area contributed by atoms with Gasteiger partial charge in [0.25, 0.3) is 0 Å². The summed E-state index contributed by atoms with van der Waals surface area (Å²) in [4.78, 5) is 34.7. The molecule has 0 bridgehead atoms. The van der Waals surface area contributed by atoms with Gasteiger partial charge in [-0.2, -0.15) is 0 Å². The Kier molecular flexibility index (Phi) is 6.42. The molecule has 2 spiro atoms. The van der Waals surface area contributed by atoms with Gasteiger partial charge in [-0.25, -0.2) is 4.79 Å². The molecule has 5 fully saturated rings. The van der Waals surface area contributed by atoms with Crippen molar-refractivity contribution in [1.82, 2.24) is 0 Å². The van der Waals surface area contributed by atoms with E-state index >= 15 is 0 Å². The zero-order chi connectivity index (χ0) is 23.3. The van der Waals surface area contributed by atoms with Crippen molar-refractivity contribution in [3.8, 4) is 0 Å². The standard InChI is InChI=1S/C22H29O10P.2Na/c1-9(2)20-15(30-20)16-22(31-16)19(4)6-5-11-12(8-27-17(11)23)13(19)7-14-21(22,29-14)18(20)28-10(3)32-33(24,25)26;;/h9-10,13-16,18H,5-8H2,1-4H3,(H2,24,25,26);;/q;2*+1/p-2/t10?,13-,14-,15-,16+,18+,19-,20-,21+,22+;;/m0../s1. The summed E-state index contributed by atoms with van der Waals surface area (Å²) in [5.74, 6) is -0.0906. The molecule has 3 aliphatic carbocycles. The summed E-state index contributed by atoms with van der Waals surface area (Å²) in [7, 11) is -5.24. The summed E-state index contributed by atoms with van der Waals surface area (Å²) >= 11 is 0. The van der Waals surface area contributed by atoms with Gasteiger partial charge in [-0.3, -0.25) is 0 Å². The molecule has 7 rings (SSSR count). The topological polar surface area (TPSA) is 146 Å². The fourth-order valence-electron chi connectivity index (χ4n) is 8.27. The van der Waals surface area contributed by atoms with Gasteiger partial charge in [-0.1, -0.05) is 20.8 Å². The Hall–Kier alpha value is 1.16. The van der Waals surface area contributed by atoms with Crippen molar-refractivity contribution in [1.29, 1.82) is 0 Å². The molecule has 0 aromatic carbocycles. The number of ether oxygens (including phenoxy) is 5. The maximum atomic E-state index is 12.2. The van der Waals surface area contributed by atoms with Crippen LogP contribution in [0.4, 0.5) is 0 Å². The number of hydrogen-bond acceptors (Lipinski definition) is 10.